The monoisotopic (exact) mass is 381 g/mol. The van der Waals surface area contributed by atoms with Crippen molar-refractivity contribution in [2.45, 2.75) is 54.9 Å². The Morgan fingerprint density at radius 3 is 2.24 bits per heavy atom. The van der Waals surface area contributed by atoms with Crippen LogP contribution in [0.3, 0.4) is 0 Å². The molecule has 1 aliphatic carbocycles. The fourth-order valence-electron chi connectivity index (χ4n) is 3.87. The van der Waals surface area contributed by atoms with E-state index in [2.05, 4.69) is 6.07 Å². The first kappa shape index (κ1) is 18.8. The molecule has 1 heterocycles. The van der Waals surface area contributed by atoms with Gasteiger partial charge in [-0.05, 0) is 38.8 Å². The zero-order valence-corrected chi connectivity index (χ0v) is 16.2. The minimum atomic E-state index is -1.38. The number of benzene rings is 1. The van der Waals surface area contributed by atoms with Crippen LogP contribution in [-0.4, -0.2) is 27.9 Å². The highest BCUT2D eigenvalue weighted by molar-refractivity contribution is 7.87. The minimum absolute atomic E-state index is 0.289. The van der Waals surface area contributed by atoms with Gasteiger partial charge in [0.1, 0.15) is 4.71 Å². The van der Waals surface area contributed by atoms with Crippen molar-refractivity contribution in [3.63, 3.8) is 0 Å². The summed E-state index contributed by atoms with van der Waals surface area (Å²) in [6, 6.07) is 9.95. The summed E-state index contributed by atoms with van der Waals surface area (Å²) in [5.74, 6) is -0.816. The number of nitrogens with zero attached hydrogens (tertiary/aromatic N) is 1. The molecule has 136 valence electrons. The minimum Gasteiger partial charge on any atom is -0.348 e. The molecule has 0 aromatic heterocycles. The van der Waals surface area contributed by atoms with Gasteiger partial charge in [0.2, 0.25) is 0 Å². The third-order valence-corrected chi connectivity index (χ3v) is 8.21. The molecule has 3 rings (SSSR count). The Kier molecular flexibility index (Phi) is 5.55. The largest absolute Gasteiger partial charge is 0.348 e. The van der Waals surface area contributed by atoms with Crippen LogP contribution in [0.25, 0.3) is 0 Å². The Labute approximate surface area is 156 Å². The third-order valence-electron chi connectivity index (χ3n) is 5.71. The van der Waals surface area contributed by atoms with E-state index in [9.17, 15) is 9.47 Å². The van der Waals surface area contributed by atoms with E-state index in [0.717, 1.165) is 5.56 Å². The standard InChI is InChI=1S/C19H24ClNO3S/c1-14-3-5-16(6-4-14)25(22)17(20)18(15(2)13-21)7-9-19(10-8-18)23-11-12-24-19/h3-6,15,17H,7-12H2,1-2H3. The quantitative estimate of drug-likeness (QED) is 0.735. The number of hydrogen-bond donors (Lipinski definition) is 0. The third kappa shape index (κ3) is 3.50. The van der Waals surface area contributed by atoms with Crippen LogP contribution in [0.15, 0.2) is 29.2 Å². The molecule has 1 aromatic rings. The van der Waals surface area contributed by atoms with Crippen LogP contribution < -0.4 is 0 Å². The maximum atomic E-state index is 13.1. The van der Waals surface area contributed by atoms with Gasteiger partial charge in [-0.15, -0.1) is 11.6 Å². The SMILES string of the molecule is Cc1ccc(S(=O)C(Cl)C2(C(C)C#N)CCC3(CC2)OCCO3)cc1. The normalized spacial score (nSPS) is 25.2. The molecule has 2 fully saturated rings. The van der Waals surface area contributed by atoms with Crippen molar-refractivity contribution in [3.8, 4) is 6.07 Å². The van der Waals surface area contributed by atoms with E-state index in [1.165, 1.54) is 0 Å². The molecule has 1 aromatic carbocycles. The van der Waals surface area contributed by atoms with Gasteiger partial charge >= 0.3 is 0 Å². The van der Waals surface area contributed by atoms with E-state index in [-0.39, 0.29) is 5.92 Å². The lowest BCUT2D eigenvalue weighted by Crippen LogP contribution is -2.48. The number of nitriles is 1. The second kappa shape index (κ2) is 7.36. The summed E-state index contributed by atoms with van der Waals surface area (Å²) in [5.41, 5.74) is 0.606. The van der Waals surface area contributed by atoms with E-state index in [4.69, 9.17) is 21.1 Å². The highest BCUT2D eigenvalue weighted by atomic mass is 35.5. The molecule has 1 spiro atoms. The van der Waals surface area contributed by atoms with Crippen LogP contribution in [0.4, 0.5) is 0 Å². The van der Waals surface area contributed by atoms with E-state index in [0.29, 0.717) is 43.8 Å². The first-order chi connectivity index (χ1) is 11.9. The first-order valence-corrected chi connectivity index (χ1v) is 10.4. The number of ether oxygens (including phenoxy) is 2. The predicted octanol–water partition coefficient (Wildman–Crippen LogP) is 4.13. The average Bonchev–Trinajstić information content (AvgIpc) is 3.10. The van der Waals surface area contributed by atoms with Crippen molar-refractivity contribution >= 4 is 22.4 Å². The molecule has 2 aliphatic rings. The van der Waals surface area contributed by atoms with Crippen LogP contribution in [0, 0.1) is 29.6 Å². The van der Waals surface area contributed by atoms with Gasteiger partial charge in [0, 0.05) is 23.2 Å². The number of halogens is 1. The fraction of sp³-hybridized carbons (Fsp3) is 0.632. The summed E-state index contributed by atoms with van der Waals surface area (Å²) in [5, 5.41) is 9.58. The molecule has 6 heteroatoms. The number of rotatable bonds is 4. The van der Waals surface area contributed by atoms with Gasteiger partial charge in [-0.25, -0.2) is 0 Å². The van der Waals surface area contributed by atoms with Gasteiger partial charge in [-0.2, -0.15) is 5.26 Å². The Balaban J connectivity index is 1.84. The van der Waals surface area contributed by atoms with E-state index >= 15 is 0 Å². The first-order valence-electron chi connectivity index (χ1n) is 8.71. The lowest BCUT2D eigenvalue weighted by molar-refractivity contribution is -0.193. The van der Waals surface area contributed by atoms with Gasteiger partial charge in [0.25, 0.3) is 0 Å². The molecule has 0 amide bonds. The number of hydrogen-bond acceptors (Lipinski definition) is 4. The molecular weight excluding hydrogens is 358 g/mol. The summed E-state index contributed by atoms with van der Waals surface area (Å²) < 4.78 is 24.1. The maximum absolute atomic E-state index is 13.1. The second-order valence-electron chi connectivity index (χ2n) is 7.12. The zero-order valence-electron chi connectivity index (χ0n) is 14.7. The smallest absolute Gasteiger partial charge is 0.168 e. The molecule has 1 aliphatic heterocycles. The van der Waals surface area contributed by atoms with Crippen LogP contribution in [0.1, 0.15) is 38.2 Å². The van der Waals surface area contributed by atoms with Crippen molar-refractivity contribution in [2.24, 2.45) is 11.3 Å². The number of alkyl halides is 1. The summed E-state index contributed by atoms with van der Waals surface area (Å²) in [7, 11) is -1.38. The summed E-state index contributed by atoms with van der Waals surface area (Å²) >= 11 is 6.78. The van der Waals surface area contributed by atoms with Crippen molar-refractivity contribution in [1.29, 1.82) is 5.26 Å². The molecule has 4 nitrogen and oxygen atoms in total. The van der Waals surface area contributed by atoms with Gasteiger partial charge in [0.15, 0.2) is 5.79 Å². The lowest BCUT2D eigenvalue weighted by atomic mass is 9.66. The molecule has 0 N–H and O–H groups in total. The predicted molar refractivity (Wildman–Crippen MR) is 97.5 cm³/mol. The highest BCUT2D eigenvalue weighted by Gasteiger charge is 2.53. The molecule has 3 atom stereocenters. The highest BCUT2D eigenvalue weighted by Crippen LogP contribution is 2.53. The second-order valence-corrected chi connectivity index (χ2v) is 9.35. The van der Waals surface area contributed by atoms with E-state index < -0.39 is 26.7 Å². The van der Waals surface area contributed by atoms with Crippen LogP contribution >= 0.6 is 11.6 Å². The van der Waals surface area contributed by atoms with Gasteiger partial charge in [0.05, 0.1) is 36.0 Å². The van der Waals surface area contributed by atoms with Crippen molar-refractivity contribution in [1.82, 2.24) is 0 Å². The Bertz CT molecular complexity index is 669. The van der Waals surface area contributed by atoms with E-state index in [1.807, 2.05) is 38.1 Å². The molecule has 1 saturated heterocycles. The van der Waals surface area contributed by atoms with Crippen molar-refractivity contribution in [2.75, 3.05) is 13.2 Å². The Morgan fingerprint density at radius 1 is 1.16 bits per heavy atom. The van der Waals surface area contributed by atoms with E-state index in [1.54, 1.807) is 0 Å². The van der Waals surface area contributed by atoms with Gasteiger partial charge in [-0.3, -0.25) is 4.21 Å². The lowest BCUT2D eigenvalue weighted by Gasteiger charge is -2.47. The van der Waals surface area contributed by atoms with Gasteiger partial charge < -0.3 is 9.47 Å². The summed E-state index contributed by atoms with van der Waals surface area (Å²) in [4.78, 5) is 0.712. The summed E-state index contributed by atoms with van der Waals surface area (Å²) in [6.45, 7) is 5.10. The van der Waals surface area contributed by atoms with Crippen molar-refractivity contribution in [3.05, 3.63) is 29.8 Å². The van der Waals surface area contributed by atoms with Crippen LogP contribution in [-0.2, 0) is 20.3 Å². The molecular formula is C19H24ClNO3S. The molecule has 3 unspecified atom stereocenters. The maximum Gasteiger partial charge on any atom is 0.168 e. The molecule has 25 heavy (non-hydrogen) atoms. The Hall–Kier alpha value is -0.930. The number of aryl methyl sites for hydroxylation is 1. The average molecular weight is 382 g/mol. The Morgan fingerprint density at radius 2 is 1.72 bits per heavy atom. The van der Waals surface area contributed by atoms with Gasteiger partial charge in [-0.1, -0.05) is 17.7 Å². The van der Waals surface area contributed by atoms with Crippen molar-refractivity contribution < 1.29 is 13.7 Å². The molecule has 1 saturated carbocycles. The summed E-state index contributed by atoms with van der Waals surface area (Å²) in [6.07, 6.45) is 2.72. The zero-order chi connectivity index (χ0) is 18.1. The van der Waals surface area contributed by atoms with Crippen LogP contribution in [0.5, 0.6) is 0 Å². The topological polar surface area (TPSA) is 59.3 Å². The molecule has 0 bridgehead atoms. The van der Waals surface area contributed by atoms with Crippen LogP contribution in [0.2, 0.25) is 0 Å². The fourth-order valence-corrected chi connectivity index (χ4v) is 6.10. The molecule has 0 radical (unpaired) electrons.